The first-order valence-electron chi connectivity index (χ1n) is 6.29. The molecule has 0 bridgehead atoms. The zero-order valence-corrected chi connectivity index (χ0v) is 10.5. The number of rotatable bonds is 2. The van der Waals surface area contributed by atoms with Gasteiger partial charge in [-0.1, -0.05) is 24.3 Å². The van der Waals surface area contributed by atoms with E-state index in [0.717, 1.165) is 25.9 Å². The minimum Gasteiger partial charge on any atom is -0.423 e. The fourth-order valence-electron chi connectivity index (χ4n) is 2.47. The minimum atomic E-state index is -1.40. The highest BCUT2D eigenvalue weighted by molar-refractivity contribution is 6.58. The number of carbonyl (C=O) groups is 1. The van der Waals surface area contributed by atoms with Gasteiger partial charge in [-0.15, -0.1) is 0 Å². The van der Waals surface area contributed by atoms with Gasteiger partial charge in [-0.05, 0) is 29.8 Å². The molecule has 0 aromatic heterocycles. The summed E-state index contributed by atoms with van der Waals surface area (Å²) in [5, 5.41) is 18.1. The van der Waals surface area contributed by atoms with Crippen molar-refractivity contribution in [2.24, 2.45) is 0 Å². The molecule has 2 N–H and O–H groups in total. The van der Waals surface area contributed by atoms with Crippen molar-refractivity contribution in [3.63, 3.8) is 0 Å². The predicted molar refractivity (Wildman–Crippen MR) is 70.5 cm³/mol. The molecule has 0 spiro atoms. The fourth-order valence-corrected chi connectivity index (χ4v) is 2.47. The lowest BCUT2D eigenvalue weighted by molar-refractivity contribution is -0.129. The Morgan fingerprint density at radius 3 is 2.22 bits per heavy atom. The molecule has 1 saturated heterocycles. The number of hydrogen-bond donors (Lipinski definition) is 2. The Kier molecular flexibility index (Phi) is 4.04. The molecule has 1 aliphatic rings. The van der Waals surface area contributed by atoms with E-state index in [-0.39, 0.29) is 5.91 Å². The average Bonchev–Trinajstić information content (AvgIpc) is 2.39. The van der Waals surface area contributed by atoms with Gasteiger partial charge in [-0.2, -0.15) is 0 Å². The molecular weight excluding hydrogens is 229 g/mol. The Morgan fingerprint density at radius 2 is 1.78 bits per heavy atom. The molecule has 1 heterocycles. The largest absolute Gasteiger partial charge is 0.488 e. The second kappa shape index (κ2) is 5.54. The topological polar surface area (TPSA) is 60.8 Å². The Labute approximate surface area is 107 Å². The van der Waals surface area contributed by atoms with E-state index in [0.29, 0.717) is 11.4 Å². The highest BCUT2D eigenvalue weighted by atomic mass is 16.4. The molecule has 0 aliphatic carbocycles. The summed E-state index contributed by atoms with van der Waals surface area (Å²) in [6.07, 6.45) is 1.95. The summed E-state index contributed by atoms with van der Waals surface area (Å²) in [5.41, 5.74) is 1.72. The Balaban J connectivity index is 1.99. The zero-order valence-electron chi connectivity index (χ0n) is 10.5. The Morgan fingerprint density at radius 1 is 1.22 bits per heavy atom. The Hall–Kier alpha value is -1.33. The monoisotopic (exact) mass is 247 g/mol. The van der Waals surface area contributed by atoms with Crippen molar-refractivity contribution in [1.29, 1.82) is 0 Å². The number of likely N-dealkylation sites (tertiary alicyclic amines) is 1. The summed E-state index contributed by atoms with van der Waals surface area (Å²) < 4.78 is 0. The smallest absolute Gasteiger partial charge is 0.423 e. The van der Waals surface area contributed by atoms with Gasteiger partial charge in [0.1, 0.15) is 0 Å². The van der Waals surface area contributed by atoms with Crippen LogP contribution in [0.2, 0.25) is 0 Å². The summed E-state index contributed by atoms with van der Waals surface area (Å²) in [7, 11) is -1.40. The van der Waals surface area contributed by atoms with Crippen LogP contribution in [0.5, 0.6) is 0 Å². The number of benzene rings is 1. The van der Waals surface area contributed by atoms with Crippen LogP contribution in [0.15, 0.2) is 24.3 Å². The van der Waals surface area contributed by atoms with Crippen molar-refractivity contribution < 1.29 is 14.8 Å². The van der Waals surface area contributed by atoms with Gasteiger partial charge in [0.2, 0.25) is 5.91 Å². The second-order valence-electron chi connectivity index (χ2n) is 4.82. The maximum atomic E-state index is 11.2. The third kappa shape index (κ3) is 2.92. The first-order valence-corrected chi connectivity index (χ1v) is 6.29. The first-order chi connectivity index (χ1) is 8.58. The van der Waals surface area contributed by atoms with Gasteiger partial charge in [0.25, 0.3) is 0 Å². The van der Waals surface area contributed by atoms with E-state index in [2.05, 4.69) is 0 Å². The number of piperidine rings is 1. The van der Waals surface area contributed by atoms with Gasteiger partial charge in [0.05, 0.1) is 0 Å². The molecule has 1 aliphatic heterocycles. The normalized spacial score (nSPS) is 16.7. The standard InChI is InChI=1S/C13H18BNO3/c1-10(16)15-8-6-12(7-9-15)11-2-4-13(5-3-11)14(17)18/h2-5,12,17-18H,6-9H2,1H3. The van der Waals surface area contributed by atoms with Crippen molar-refractivity contribution in [2.75, 3.05) is 13.1 Å². The van der Waals surface area contributed by atoms with E-state index < -0.39 is 7.12 Å². The van der Waals surface area contributed by atoms with E-state index in [1.54, 1.807) is 19.1 Å². The van der Waals surface area contributed by atoms with Crippen LogP contribution >= 0.6 is 0 Å². The lowest BCUT2D eigenvalue weighted by Gasteiger charge is -2.31. The van der Waals surface area contributed by atoms with Crippen molar-refractivity contribution in [2.45, 2.75) is 25.7 Å². The van der Waals surface area contributed by atoms with Gasteiger partial charge in [0.15, 0.2) is 0 Å². The molecule has 1 aromatic carbocycles. The van der Waals surface area contributed by atoms with Gasteiger partial charge in [0, 0.05) is 20.0 Å². The molecule has 1 amide bonds. The van der Waals surface area contributed by atoms with Crippen LogP contribution in [0.3, 0.4) is 0 Å². The average molecular weight is 247 g/mol. The minimum absolute atomic E-state index is 0.146. The van der Waals surface area contributed by atoms with Crippen molar-refractivity contribution in [1.82, 2.24) is 4.90 Å². The quantitative estimate of drug-likeness (QED) is 0.728. The van der Waals surface area contributed by atoms with Gasteiger partial charge in [-0.25, -0.2) is 0 Å². The number of carbonyl (C=O) groups excluding carboxylic acids is 1. The molecular formula is C13H18BNO3. The third-order valence-corrected chi connectivity index (χ3v) is 3.65. The highest BCUT2D eigenvalue weighted by Crippen LogP contribution is 2.27. The third-order valence-electron chi connectivity index (χ3n) is 3.65. The van der Waals surface area contributed by atoms with Crippen LogP contribution in [-0.2, 0) is 4.79 Å². The van der Waals surface area contributed by atoms with E-state index >= 15 is 0 Å². The number of hydrogen-bond acceptors (Lipinski definition) is 3. The molecule has 1 aromatic rings. The molecule has 18 heavy (non-hydrogen) atoms. The van der Waals surface area contributed by atoms with Crippen LogP contribution in [0.4, 0.5) is 0 Å². The second-order valence-corrected chi connectivity index (χ2v) is 4.82. The Bertz CT molecular complexity index is 411. The fraction of sp³-hybridized carbons (Fsp3) is 0.462. The molecule has 5 heteroatoms. The predicted octanol–water partition coefficient (Wildman–Crippen LogP) is 0.0923. The summed E-state index contributed by atoms with van der Waals surface area (Å²) >= 11 is 0. The molecule has 0 radical (unpaired) electrons. The van der Waals surface area contributed by atoms with Crippen LogP contribution in [0.25, 0.3) is 0 Å². The lowest BCUT2D eigenvalue weighted by atomic mass is 9.78. The molecule has 1 fully saturated rings. The molecule has 0 atom stereocenters. The molecule has 4 nitrogen and oxygen atoms in total. The van der Waals surface area contributed by atoms with Gasteiger partial charge >= 0.3 is 7.12 Å². The summed E-state index contributed by atoms with van der Waals surface area (Å²) in [6, 6.07) is 7.39. The maximum Gasteiger partial charge on any atom is 0.488 e. The van der Waals surface area contributed by atoms with Crippen molar-refractivity contribution in [3.05, 3.63) is 29.8 Å². The molecule has 0 saturated carbocycles. The summed E-state index contributed by atoms with van der Waals surface area (Å²) in [6.45, 7) is 3.23. The van der Waals surface area contributed by atoms with Gasteiger partial charge in [-0.3, -0.25) is 4.79 Å². The van der Waals surface area contributed by atoms with E-state index in [9.17, 15) is 4.79 Å². The van der Waals surface area contributed by atoms with Crippen molar-refractivity contribution in [3.8, 4) is 0 Å². The highest BCUT2D eigenvalue weighted by Gasteiger charge is 2.22. The van der Waals surface area contributed by atoms with Crippen LogP contribution in [0, 0.1) is 0 Å². The van der Waals surface area contributed by atoms with Crippen molar-refractivity contribution >= 4 is 18.5 Å². The maximum absolute atomic E-state index is 11.2. The van der Waals surface area contributed by atoms with Crippen LogP contribution < -0.4 is 5.46 Å². The number of amides is 1. The van der Waals surface area contributed by atoms with Crippen LogP contribution in [-0.4, -0.2) is 41.1 Å². The zero-order chi connectivity index (χ0) is 13.1. The van der Waals surface area contributed by atoms with E-state index in [1.807, 2.05) is 17.0 Å². The summed E-state index contributed by atoms with van der Waals surface area (Å²) in [5.74, 6) is 0.609. The molecule has 0 unspecified atom stereocenters. The summed E-state index contributed by atoms with van der Waals surface area (Å²) in [4.78, 5) is 13.1. The SMILES string of the molecule is CC(=O)N1CCC(c2ccc(B(O)O)cc2)CC1. The first kappa shape index (κ1) is 13.1. The lowest BCUT2D eigenvalue weighted by Crippen LogP contribution is -2.36. The number of nitrogens with zero attached hydrogens (tertiary/aromatic N) is 1. The van der Waals surface area contributed by atoms with Gasteiger partial charge < -0.3 is 14.9 Å². The van der Waals surface area contributed by atoms with E-state index in [1.165, 1.54) is 5.56 Å². The molecule has 96 valence electrons. The van der Waals surface area contributed by atoms with Crippen LogP contribution in [0.1, 0.15) is 31.2 Å². The van der Waals surface area contributed by atoms with E-state index in [4.69, 9.17) is 10.0 Å². The molecule has 2 rings (SSSR count).